The molecule has 2 amide bonds. The predicted octanol–water partition coefficient (Wildman–Crippen LogP) is 4.67. The van der Waals surface area contributed by atoms with Gasteiger partial charge in [0.25, 0.3) is 11.8 Å². The first-order valence-electron chi connectivity index (χ1n) is 9.16. The first kappa shape index (κ1) is 22.1. The Hall–Kier alpha value is -2.58. The van der Waals surface area contributed by atoms with E-state index in [0.717, 1.165) is 25.3 Å². The Bertz CT molecular complexity index is 1070. The molecule has 0 spiro atoms. The Labute approximate surface area is 191 Å². The number of rotatable bonds is 6. The SMILES string of the molecule is Cc1ccc(OC(C)C(=O)NNC(=O)COc2ccc3cc(Br)ccc3c2Br)cc1. The number of ether oxygens (including phenoxy) is 2. The molecule has 0 aromatic heterocycles. The summed E-state index contributed by atoms with van der Waals surface area (Å²) in [6.45, 7) is 3.31. The van der Waals surface area contributed by atoms with E-state index in [1.807, 2.05) is 43.3 Å². The summed E-state index contributed by atoms with van der Waals surface area (Å²) >= 11 is 6.96. The minimum Gasteiger partial charge on any atom is -0.483 e. The van der Waals surface area contributed by atoms with Crippen LogP contribution in [0.5, 0.6) is 11.5 Å². The van der Waals surface area contributed by atoms with E-state index in [9.17, 15) is 9.59 Å². The maximum Gasteiger partial charge on any atom is 0.279 e. The molecule has 0 bridgehead atoms. The molecule has 156 valence electrons. The second kappa shape index (κ2) is 9.95. The van der Waals surface area contributed by atoms with Crippen LogP contribution in [0.4, 0.5) is 0 Å². The fourth-order valence-electron chi connectivity index (χ4n) is 2.64. The lowest BCUT2D eigenvalue weighted by molar-refractivity contribution is -0.133. The highest BCUT2D eigenvalue weighted by Crippen LogP contribution is 2.34. The summed E-state index contributed by atoms with van der Waals surface area (Å²) in [5, 5.41) is 1.99. The van der Waals surface area contributed by atoms with Crippen LogP contribution in [0.3, 0.4) is 0 Å². The highest BCUT2D eigenvalue weighted by Gasteiger charge is 2.16. The first-order chi connectivity index (χ1) is 14.3. The lowest BCUT2D eigenvalue weighted by atomic mass is 10.1. The predicted molar refractivity (Wildman–Crippen MR) is 122 cm³/mol. The van der Waals surface area contributed by atoms with Crippen LogP contribution in [0.25, 0.3) is 10.8 Å². The van der Waals surface area contributed by atoms with E-state index in [1.54, 1.807) is 25.1 Å². The minimum absolute atomic E-state index is 0.256. The Morgan fingerprint density at radius 2 is 1.73 bits per heavy atom. The fraction of sp³-hybridized carbons (Fsp3) is 0.182. The molecule has 0 fully saturated rings. The number of benzene rings is 3. The van der Waals surface area contributed by atoms with Gasteiger partial charge in [0, 0.05) is 4.47 Å². The van der Waals surface area contributed by atoms with Crippen molar-refractivity contribution < 1.29 is 19.1 Å². The zero-order chi connectivity index (χ0) is 21.7. The second-order valence-electron chi connectivity index (χ2n) is 6.64. The van der Waals surface area contributed by atoms with Gasteiger partial charge in [-0.2, -0.15) is 0 Å². The molecule has 0 heterocycles. The minimum atomic E-state index is -0.775. The van der Waals surface area contributed by atoms with Gasteiger partial charge in [-0.05, 0) is 70.9 Å². The molecule has 3 rings (SSSR count). The van der Waals surface area contributed by atoms with E-state index in [1.165, 1.54) is 0 Å². The molecule has 8 heteroatoms. The average Bonchev–Trinajstić information content (AvgIpc) is 2.73. The van der Waals surface area contributed by atoms with E-state index < -0.39 is 17.9 Å². The lowest BCUT2D eigenvalue weighted by Crippen LogP contribution is -2.48. The fourth-order valence-corrected chi connectivity index (χ4v) is 3.63. The van der Waals surface area contributed by atoms with E-state index in [0.29, 0.717) is 11.5 Å². The van der Waals surface area contributed by atoms with Crippen LogP contribution < -0.4 is 20.3 Å². The summed E-state index contributed by atoms with van der Waals surface area (Å²) in [6, 6.07) is 16.9. The van der Waals surface area contributed by atoms with Crippen molar-refractivity contribution in [3.8, 4) is 11.5 Å². The van der Waals surface area contributed by atoms with E-state index in [4.69, 9.17) is 9.47 Å². The first-order valence-corrected chi connectivity index (χ1v) is 10.7. The smallest absolute Gasteiger partial charge is 0.279 e. The van der Waals surface area contributed by atoms with Crippen molar-refractivity contribution >= 4 is 54.4 Å². The molecule has 0 aliphatic rings. The quantitative estimate of drug-likeness (QED) is 0.450. The third kappa shape index (κ3) is 5.73. The Balaban J connectivity index is 1.49. The number of carbonyl (C=O) groups is 2. The van der Waals surface area contributed by atoms with Gasteiger partial charge in [-0.25, -0.2) is 0 Å². The zero-order valence-electron chi connectivity index (χ0n) is 16.4. The Morgan fingerprint density at radius 1 is 1.00 bits per heavy atom. The number of nitrogens with one attached hydrogen (secondary N) is 2. The van der Waals surface area contributed by atoms with Crippen molar-refractivity contribution in [3.05, 3.63) is 69.1 Å². The number of halogens is 2. The van der Waals surface area contributed by atoms with Crippen LogP contribution in [0, 0.1) is 6.92 Å². The largest absolute Gasteiger partial charge is 0.483 e. The maximum absolute atomic E-state index is 12.1. The van der Waals surface area contributed by atoms with E-state index >= 15 is 0 Å². The number of amides is 2. The van der Waals surface area contributed by atoms with Gasteiger partial charge in [0.15, 0.2) is 12.7 Å². The molecule has 6 nitrogen and oxygen atoms in total. The van der Waals surface area contributed by atoms with Crippen LogP contribution >= 0.6 is 31.9 Å². The van der Waals surface area contributed by atoms with E-state index in [2.05, 4.69) is 42.7 Å². The van der Waals surface area contributed by atoms with Gasteiger partial charge in [-0.15, -0.1) is 0 Å². The maximum atomic E-state index is 12.1. The van der Waals surface area contributed by atoms with Gasteiger partial charge >= 0.3 is 0 Å². The van der Waals surface area contributed by atoms with Gasteiger partial charge in [0.05, 0.1) is 4.47 Å². The summed E-state index contributed by atoms with van der Waals surface area (Å²) in [4.78, 5) is 24.2. The molecule has 1 atom stereocenters. The zero-order valence-corrected chi connectivity index (χ0v) is 19.5. The van der Waals surface area contributed by atoms with Crippen molar-refractivity contribution in [3.63, 3.8) is 0 Å². The number of aryl methyl sites for hydroxylation is 1. The molecular weight excluding hydrogens is 516 g/mol. The Morgan fingerprint density at radius 3 is 2.47 bits per heavy atom. The molecule has 0 aliphatic carbocycles. The number of hydrogen-bond donors (Lipinski definition) is 2. The normalized spacial score (nSPS) is 11.6. The monoisotopic (exact) mass is 534 g/mol. The highest BCUT2D eigenvalue weighted by atomic mass is 79.9. The molecule has 3 aromatic rings. The van der Waals surface area contributed by atoms with Crippen LogP contribution in [0.15, 0.2) is 63.5 Å². The third-order valence-corrected chi connectivity index (χ3v) is 5.58. The molecule has 2 N–H and O–H groups in total. The molecule has 3 aromatic carbocycles. The van der Waals surface area contributed by atoms with Gasteiger partial charge in [-0.1, -0.05) is 45.8 Å². The summed E-state index contributed by atoms with van der Waals surface area (Å²) in [5.41, 5.74) is 5.76. The second-order valence-corrected chi connectivity index (χ2v) is 8.35. The topological polar surface area (TPSA) is 76.7 Å². The molecule has 1 unspecified atom stereocenters. The Kier molecular flexibility index (Phi) is 7.33. The highest BCUT2D eigenvalue weighted by molar-refractivity contribution is 9.11. The summed E-state index contributed by atoms with van der Waals surface area (Å²) < 4.78 is 12.9. The molecule has 0 saturated carbocycles. The average molecular weight is 536 g/mol. The number of hydrogen-bond acceptors (Lipinski definition) is 4. The molecule has 30 heavy (non-hydrogen) atoms. The van der Waals surface area contributed by atoms with Crippen molar-refractivity contribution in [1.29, 1.82) is 0 Å². The van der Waals surface area contributed by atoms with E-state index in [-0.39, 0.29) is 6.61 Å². The van der Waals surface area contributed by atoms with Gasteiger partial charge in [-0.3, -0.25) is 20.4 Å². The van der Waals surface area contributed by atoms with Gasteiger partial charge in [0.2, 0.25) is 0 Å². The van der Waals surface area contributed by atoms with Crippen LogP contribution in [0.2, 0.25) is 0 Å². The number of carbonyl (C=O) groups excluding carboxylic acids is 2. The van der Waals surface area contributed by atoms with Crippen molar-refractivity contribution in [2.45, 2.75) is 20.0 Å². The van der Waals surface area contributed by atoms with Gasteiger partial charge < -0.3 is 9.47 Å². The lowest BCUT2D eigenvalue weighted by Gasteiger charge is -2.15. The van der Waals surface area contributed by atoms with Crippen molar-refractivity contribution in [1.82, 2.24) is 10.9 Å². The number of fused-ring (bicyclic) bond motifs is 1. The molecule has 0 radical (unpaired) electrons. The summed E-state index contributed by atoms with van der Waals surface area (Å²) in [7, 11) is 0. The summed E-state index contributed by atoms with van der Waals surface area (Å²) in [5.74, 6) is 0.142. The number of hydrazine groups is 1. The van der Waals surface area contributed by atoms with Crippen molar-refractivity contribution in [2.24, 2.45) is 0 Å². The van der Waals surface area contributed by atoms with Gasteiger partial charge in [0.1, 0.15) is 11.5 Å². The third-order valence-electron chi connectivity index (χ3n) is 4.27. The van der Waals surface area contributed by atoms with Crippen LogP contribution in [0.1, 0.15) is 12.5 Å². The standard InChI is InChI=1S/C22H20Br2N2O4/c1-13-3-7-17(8-4-13)30-14(2)22(28)26-25-20(27)12-29-19-10-5-15-11-16(23)6-9-18(15)21(19)24/h3-11,14H,12H2,1-2H3,(H,25,27)(H,26,28). The molecule has 0 aliphatic heterocycles. The van der Waals surface area contributed by atoms with Crippen molar-refractivity contribution in [2.75, 3.05) is 6.61 Å². The van der Waals surface area contributed by atoms with Crippen LogP contribution in [-0.4, -0.2) is 24.5 Å². The molecular formula is C22H20Br2N2O4. The molecule has 0 saturated heterocycles. The summed E-state index contributed by atoms with van der Waals surface area (Å²) in [6.07, 6.45) is -0.775. The van der Waals surface area contributed by atoms with Crippen LogP contribution in [-0.2, 0) is 9.59 Å².